The molecular formula is C22H24FN3O. The summed E-state index contributed by atoms with van der Waals surface area (Å²) in [5.74, 6) is 0.349. The molecule has 0 unspecified atom stereocenters. The SMILES string of the molecule is Cc1ccc(F)c(C(=O)N2CCC(n3c(C)nc4ccc(C)cc43)CC2)c1. The number of carbonyl (C=O) groups is 1. The van der Waals surface area contributed by atoms with E-state index in [-0.39, 0.29) is 11.5 Å². The van der Waals surface area contributed by atoms with Crippen LogP contribution in [0.5, 0.6) is 0 Å². The maximum Gasteiger partial charge on any atom is 0.256 e. The van der Waals surface area contributed by atoms with Crippen molar-refractivity contribution < 1.29 is 9.18 Å². The molecule has 1 saturated heterocycles. The number of halogens is 1. The number of rotatable bonds is 2. The normalized spacial score (nSPS) is 15.5. The van der Waals surface area contributed by atoms with Gasteiger partial charge in [-0.1, -0.05) is 17.7 Å². The molecular weight excluding hydrogens is 341 g/mol. The maximum absolute atomic E-state index is 14.1. The van der Waals surface area contributed by atoms with Crippen LogP contribution in [0.2, 0.25) is 0 Å². The lowest BCUT2D eigenvalue weighted by molar-refractivity contribution is 0.0690. The third-order valence-corrected chi connectivity index (χ3v) is 5.49. The zero-order chi connectivity index (χ0) is 19.1. The molecule has 0 aliphatic carbocycles. The van der Waals surface area contributed by atoms with E-state index in [1.807, 2.05) is 13.8 Å². The second-order valence-corrected chi connectivity index (χ2v) is 7.53. The van der Waals surface area contributed by atoms with Crippen LogP contribution in [0.1, 0.15) is 46.2 Å². The monoisotopic (exact) mass is 365 g/mol. The van der Waals surface area contributed by atoms with Gasteiger partial charge in [0.1, 0.15) is 11.6 Å². The van der Waals surface area contributed by atoms with Crippen molar-refractivity contribution >= 4 is 16.9 Å². The average Bonchev–Trinajstić information content (AvgIpc) is 2.98. The van der Waals surface area contributed by atoms with Crippen LogP contribution in [0, 0.1) is 26.6 Å². The first-order valence-corrected chi connectivity index (χ1v) is 9.44. The molecule has 1 amide bonds. The van der Waals surface area contributed by atoms with E-state index < -0.39 is 5.82 Å². The van der Waals surface area contributed by atoms with Gasteiger partial charge in [-0.05, 0) is 63.4 Å². The average molecular weight is 365 g/mol. The smallest absolute Gasteiger partial charge is 0.256 e. The van der Waals surface area contributed by atoms with Crippen LogP contribution in [-0.4, -0.2) is 33.4 Å². The number of aryl methyl sites for hydroxylation is 3. The number of nitrogens with zero attached hydrogens (tertiary/aromatic N) is 3. The predicted octanol–water partition coefficient (Wildman–Crippen LogP) is 4.58. The molecule has 0 N–H and O–H groups in total. The lowest BCUT2D eigenvalue weighted by Gasteiger charge is -2.33. The zero-order valence-electron chi connectivity index (χ0n) is 16.0. The zero-order valence-corrected chi connectivity index (χ0v) is 16.0. The predicted molar refractivity (Wildman–Crippen MR) is 105 cm³/mol. The Morgan fingerprint density at radius 3 is 2.44 bits per heavy atom. The second kappa shape index (κ2) is 6.80. The van der Waals surface area contributed by atoms with E-state index in [4.69, 9.17) is 0 Å². The van der Waals surface area contributed by atoms with Crippen molar-refractivity contribution in [1.29, 1.82) is 0 Å². The van der Waals surface area contributed by atoms with E-state index in [0.717, 1.165) is 35.3 Å². The number of carbonyl (C=O) groups excluding carboxylic acids is 1. The molecule has 0 radical (unpaired) electrons. The molecule has 1 aromatic heterocycles. The fraction of sp³-hybridized carbons (Fsp3) is 0.364. The summed E-state index contributed by atoms with van der Waals surface area (Å²) in [7, 11) is 0. The second-order valence-electron chi connectivity index (χ2n) is 7.53. The Hall–Kier alpha value is -2.69. The van der Waals surface area contributed by atoms with Crippen molar-refractivity contribution in [1.82, 2.24) is 14.5 Å². The highest BCUT2D eigenvalue weighted by atomic mass is 19.1. The Bertz CT molecular complexity index is 1020. The third kappa shape index (κ3) is 3.22. The summed E-state index contributed by atoms with van der Waals surface area (Å²) in [6.45, 7) is 7.25. The van der Waals surface area contributed by atoms with Crippen LogP contribution in [0.15, 0.2) is 36.4 Å². The van der Waals surface area contributed by atoms with E-state index in [0.29, 0.717) is 19.1 Å². The van der Waals surface area contributed by atoms with Crippen molar-refractivity contribution in [3.8, 4) is 0 Å². The highest BCUT2D eigenvalue weighted by Gasteiger charge is 2.27. The van der Waals surface area contributed by atoms with Crippen molar-refractivity contribution in [2.45, 2.75) is 39.7 Å². The fourth-order valence-electron chi connectivity index (χ4n) is 4.08. The summed E-state index contributed by atoms with van der Waals surface area (Å²) in [6, 6.07) is 11.3. The van der Waals surface area contributed by atoms with Gasteiger partial charge in [-0.15, -0.1) is 0 Å². The number of piperidine rings is 1. The van der Waals surface area contributed by atoms with E-state index >= 15 is 0 Å². The van der Waals surface area contributed by atoms with Crippen LogP contribution >= 0.6 is 0 Å². The number of hydrogen-bond donors (Lipinski definition) is 0. The summed E-state index contributed by atoms with van der Waals surface area (Å²) in [5.41, 5.74) is 4.45. The van der Waals surface area contributed by atoms with Gasteiger partial charge in [0.2, 0.25) is 0 Å². The van der Waals surface area contributed by atoms with Gasteiger partial charge in [-0.2, -0.15) is 0 Å². The molecule has 0 bridgehead atoms. The first-order chi connectivity index (χ1) is 12.9. The highest BCUT2D eigenvalue weighted by molar-refractivity contribution is 5.94. The molecule has 0 spiro atoms. The van der Waals surface area contributed by atoms with Crippen LogP contribution < -0.4 is 0 Å². The van der Waals surface area contributed by atoms with E-state index in [1.54, 1.807) is 17.0 Å². The van der Waals surface area contributed by atoms with E-state index in [1.165, 1.54) is 11.6 Å². The number of imidazole rings is 1. The quantitative estimate of drug-likeness (QED) is 0.667. The molecule has 4 rings (SSSR count). The van der Waals surface area contributed by atoms with Gasteiger partial charge in [0.25, 0.3) is 5.91 Å². The van der Waals surface area contributed by atoms with Crippen molar-refractivity contribution in [3.05, 3.63) is 64.7 Å². The molecule has 3 aromatic rings. The lowest BCUT2D eigenvalue weighted by Crippen LogP contribution is -2.39. The van der Waals surface area contributed by atoms with Gasteiger partial charge in [0, 0.05) is 19.1 Å². The maximum atomic E-state index is 14.1. The molecule has 0 saturated carbocycles. The van der Waals surface area contributed by atoms with Crippen LogP contribution in [0.25, 0.3) is 11.0 Å². The van der Waals surface area contributed by atoms with E-state index in [2.05, 4.69) is 34.7 Å². The molecule has 1 aliphatic heterocycles. The summed E-state index contributed by atoms with van der Waals surface area (Å²) in [4.78, 5) is 19.2. The minimum atomic E-state index is -0.445. The van der Waals surface area contributed by atoms with Crippen molar-refractivity contribution in [2.75, 3.05) is 13.1 Å². The summed E-state index contributed by atoms with van der Waals surface area (Å²) >= 11 is 0. The Morgan fingerprint density at radius 1 is 1.04 bits per heavy atom. The standard InChI is InChI=1S/C22H24FN3O/c1-14-4-6-19(23)18(12-14)22(27)25-10-8-17(9-11-25)26-16(3)24-20-7-5-15(2)13-21(20)26/h4-7,12-13,17H,8-11H2,1-3H3. The summed E-state index contributed by atoms with van der Waals surface area (Å²) in [6.07, 6.45) is 1.69. The topological polar surface area (TPSA) is 38.1 Å². The minimum absolute atomic E-state index is 0.174. The lowest BCUT2D eigenvalue weighted by atomic mass is 10.0. The van der Waals surface area contributed by atoms with Gasteiger partial charge in [-0.25, -0.2) is 9.37 Å². The molecule has 2 heterocycles. The molecule has 0 atom stereocenters. The molecule has 1 aliphatic rings. The highest BCUT2D eigenvalue weighted by Crippen LogP contribution is 2.30. The Balaban J connectivity index is 1.54. The van der Waals surface area contributed by atoms with Gasteiger partial charge >= 0.3 is 0 Å². The van der Waals surface area contributed by atoms with Gasteiger partial charge in [-0.3, -0.25) is 4.79 Å². The van der Waals surface area contributed by atoms with Gasteiger partial charge < -0.3 is 9.47 Å². The molecule has 1 fully saturated rings. The third-order valence-electron chi connectivity index (χ3n) is 5.49. The summed E-state index contributed by atoms with van der Waals surface area (Å²) in [5, 5.41) is 0. The van der Waals surface area contributed by atoms with Crippen LogP contribution in [0.3, 0.4) is 0 Å². The van der Waals surface area contributed by atoms with Crippen molar-refractivity contribution in [2.24, 2.45) is 0 Å². The minimum Gasteiger partial charge on any atom is -0.338 e. The molecule has 4 nitrogen and oxygen atoms in total. The summed E-state index contributed by atoms with van der Waals surface area (Å²) < 4.78 is 16.4. The molecule has 2 aromatic carbocycles. The number of benzene rings is 2. The fourth-order valence-corrected chi connectivity index (χ4v) is 4.08. The molecule has 5 heteroatoms. The molecule has 27 heavy (non-hydrogen) atoms. The number of hydrogen-bond acceptors (Lipinski definition) is 2. The Kier molecular flexibility index (Phi) is 4.46. The van der Waals surface area contributed by atoms with Crippen LogP contribution in [-0.2, 0) is 0 Å². The van der Waals surface area contributed by atoms with Gasteiger partial charge in [0.05, 0.1) is 16.6 Å². The Labute approximate surface area is 158 Å². The largest absolute Gasteiger partial charge is 0.338 e. The first kappa shape index (κ1) is 17.7. The van der Waals surface area contributed by atoms with Gasteiger partial charge in [0.15, 0.2) is 0 Å². The Morgan fingerprint density at radius 2 is 1.70 bits per heavy atom. The number of amides is 1. The number of aromatic nitrogens is 2. The number of fused-ring (bicyclic) bond motifs is 1. The molecule has 140 valence electrons. The van der Waals surface area contributed by atoms with Crippen LogP contribution in [0.4, 0.5) is 4.39 Å². The van der Waals surface area contributed by atoms with Crippen molar-refractivity contribution in [3.63, 3.8) is 0 Å². The van der Waals surface area contributed by atoms with E-state index in [9.17, 15) is 9.18 Å². The number of likely N-dealkylation sites (tertiary alicyclic amines) is 1. The first-order valence-electron chi connectivity index (χ1n) is 9.44.